The number of fused-ring (bicyclic) bond motifs is 1. The number of esters is 1. The van der Waals surface area contributed by atoms with E-state index in [2.05, 4.69) is 5.32 Å². The average molecular weight is 490 g/mol. The molecule has 0 spiro atoms. The molecule has 0 aliphatic carbocycles. The number of phenols is 2. The highest BCUT2D eigenvalue weighted by Gasteiger charge is 2.47. The summed E-state index contributed by atoms with van der Waals surface area (Å²) in [6.45, 7) is 0.410. The van der Waals surface area contributed by atoms with Gasteiger partial charge in [-0.05, 0) is 42.8 Å². The van der Waals surface area contributed by atoms with E-state index in [-0.39, 0.29) is 23.6 Å². The number of carbonyl (C=O) groups is 3. The molecule has 0 saturated carbocycles. The molecular weight excluding hydrogens is 468 g/mol. The van der Waals surface area contributed by atoms with E-state index in [9.17, 15) is 38.5 Å². The van der Waals surface area contributed by atoms with Crippen LogP contribution in [0, 0.1) is 0 Å². The van der Waals surface area contributed by atoms with Crippen LogP contribution in [-0.4, -0.2) is 64.1 Å². The first-order valence-corrected chi connectivity index (χ1v) is 11.0. The van der Waals surface area contributed by atoms with Crippen LogP contribution in [0.15, 0.2) is 48.7 Å². The Morgan fingerprint density at radius 1 is 1.21 bits per heavy atom. The van der Waals surface area contributed by atoms with Crippen molar-refractivity contribution < 1.29 is 43.2 Å². The summed E-state index contributed by atoms with van der Waals surface area (Å²) >= 11 is -2.78. The van der Waals surface area contributed by atoms with Crippen LogP contribution in [0.2, 0.25) is 0 Å². The summed E-state index contributed by atoms with van der Waals surface area (Å²) in [5.41, 5.74) is 1.02. The fraction of sp³-hybridized carbons (Fsp3) is 0.227. The number of aromatic nitrogens is 1. The molecule has 1 unspecified atom stereocenters. The van der Waals surface area contributed by atoms with Crippen LogP contribution in [0.1, 0.15) is 22.8 Å². The molecule has 12 heteroatoms. The minimum absolute atomic E-state index is 0.0977. The average Bonchev–Trinajstić information content (AvgIpc) is 3.15. The summed E-state index contributed by atoms with van der Waals surface area (Å²) in [5.74, 6) is -3.07. The number of benzene rings is 1. The molecule has 3 rings (SSSR count). The van der Waals surface area contributed by atoms with Crippen molar-refractivity contribution in [2.75, 3.05) is 11.9 Å². The Morgan fingerprint density at radius 3 is 2.56 bits per heavy atom. The van der Waals surface area contributed by atoms with E-state index in [4.69, 9.17) is 4.74 Å². The van der Waals surface area contributed by atoms with Crippen LogP contribution < -0.4 is 5.32 Å². The van der Waals surface area contributed by atoms with E-state index in [1.54, 1.807) is 24.4 Å². The number of anilines is 1. The number of hydrogen-bond donors (Lipinski definition) is 5. The highest BCUT2D eigenvalue weighted by Crippen LogP contribution is 2.28. The maximum Gasteiger partial charge on any atom is 0.327 e. The van der Waals surface area contributed by atoms with Crippen LogP contribution >= 0.6 is 0 Å². The van der Waals surface area contributed by atoms with Crippen molar-refractivity contribution in [3.63, 3.8) is 0 Å². The van der Waals surface area contributed by atoms with Crippen molar-refractivity contribution in [3.05, 3.63) is 59.8 Å². The second-order valence-electron chi connectivity index (χ2n) is 7.70. The molecule has 2 aromatic heterocycles. The first-order valence-electron chi connectivity index (χ1n) is 9.89. The van der Waals surface area contributed by atoms with Gasteiger partial charge in [0.2, 0.25) is 0 Å². The molecular formula is C22H22N2O9S. The molecule has 2 heterocycles. The zero-order chi connectivity index (χ0) is 25.0. The van der Waals surface area contributed by atoms with Gasteiger partial charge in [0.05, 0.1) is 12.0 Å². The lowest BCUT2D eigenvalue weighted by Crippen LogP contribution is -2.55. The summed E-state index contributed by atoms with van der Waals surface area (Å²) in [5, 5.41) is 31.4. The van der Waals surface area contributed by atoms with Gasteiger partial charge in [0.15, 0.2) is 28.9 Å². The molecule has 0 fully saturated rings. The Balaban J connectivity index is 1.85. The number of aromatic hydroxyl groups is 2. The summed E-state index contributed by atoms with van der Waals surface area (Å²) in [6, 6.07) is 8.58. The fourth-order valence-corrected chi connectivity index (χ4v) is 3.88. The van der Waals surface area contributed by atoms with Gasteiger partial charge >= 0.3 is 11.9 Å². The van der Waals surface area contributed by atoms with Gasteiger partial charge < -0.3 is 34.3 Å². The monoisotopic (exact) mass is 490 g/mol. The highest BCUT2D eigenvalue weighted by molar-refractivity contribution is 7.80. The minimum atomic E-state index is -2.78. The maximum absolute atomic E-state index is 12.3. The smallest absolute Gasteiger partial charge is 0.327 e. The summed E-state index contributed by atoms with van der Waals surface area (Å²) in [6.07, 6.45) is 1.77. The summed E-state index contributed by atoms with van der Waals surface area (Å²) < 4.78 is 26.8. The van der Waals surface area contributed by atoms with E-state index in [1.807, 2.05) is 0 Å². The molecule has 5 N–H and O–H groups in total. The number of pyridine rings is 1. The topological polar surface area (TPSA) is 175 Å². The summed E-state index contributed by atoms with van der Waals surface area (Å²) in [4.78, 5) is 36.0. The Kier molecular flexibility index (Phi) is 7.23. The first kappa shape index (κ1) is 24.7. The van der Waals surface area contributed by atoms with Crippen molar-refractivity contribution in [1.29, 1.82) is 0 Å². The zero-order valence-electron chi connectivity index (χ0n) is 17.9. The number of ether oxygens (including phenoxy) is 1. The molecule has 34 heavy (non-hydrogen) atoms. The fourth-order valence-electron chi connectivity index (χ4n) is 3.35. The van der Waals surface area contributed by atoms with Gasteiger partial charge in [0, 0.05) is 11.7 Å². The predicted octanol–water partition coefficient (Wildman–Crippen LogP) is 1.79. The SMILES string of the molecule is C[C@](COC(=O)Cc1ccc(O)c(O)c1)([C@@H](Nc1c(C=O)cc2ccccn12)C(=O)O)S(=O)O. The van der Waals surface area contributed by atoms with Crippen LogP contribution in [0.25, 0.3) is 5.52 Å². The number of phenolic OH excluding ortho intramolecular Hbond substituents is 2. The lowest BCUT2D eigenvalue weighted by atomic mass is 10.0. The number of aliphatic carboxylic acids is 1. The first-order chi connectivity index (χ1) is 16.1. The summed E-state index contributed by atoms with van der Waals surface area (Å²) in [7, 11) is 0. The van der Waals surface area contributed by atoms with Crippen LogP contribution in [0.5, 0.6) is 11.5 Å². The Hall–Kier alpha value is -3.90. The molecule has 3 atom stereocenters. The Bertz CT molecular complexity index is 1270. The van der Waals surface area contributed by atoms with Crippen LogP contribution in [-0.2, 0) is 31.8 Å². The molecule has 1 aromatic carbocycles. The van der Waals surface area contributed by atoms with E-state index in [1.165, 1.54) is 22.6 Å². The van der Waals surface area contributed by atoms with E-state index < -0.39 is 46.2 Å². The highest BCUT2D eigenvalue weighted by atomic mass is 32.2. The number of carboxylic acids is 1. The molecule has 0 aliphatic rings. The van der Waals surface area contributed by atoms with E-state index >= 15 is 0 Å². The molecule has 0 radical (unpaired) electrons. The van der Waals surface area contributed by atoms with Crippen molar-refractivity contribution in [2.45, 2.75) is 24.1 Å². The molecule has 0 amide bonds. The third-order valence-corrected chi connectivity index (χ3v) is 6.43. The van der Waals surface area contributed by atoms with Crippen molar-refractivity contribution in [3.8, 4) is 11.5 Å². The molecule has 0 bridgehead atoms. The Labute approximate surface area is 195 Å². The number of carbonyl (C=O) groups excluding carboxylic acids is 2. The van der Waals surface area contributed by atoms with Crippen LogP contribution in [0.3, 0.4) is 0 Å². The van der Waals surface area contributed by atoms with Gasteiger partial charge in [-0.1, -0.05) is 12.1 Å². The predicted molar refractivity (Wildman–Crippen MR) is 121 cm³/mol. The van der Waals surface area contributed by atoms with Crippen molar-refractivity contribution in [2.24, 2.45) is 0 Å². The number of carboxylic acid groups (broad SMARTS) is 1. The number of rotatable bonds is 10. The molecule has 180 valence electrons. The number of nitrogens with zero attached hydrogens (tertiary/aromatic N) is 1. The second kappa shape index (κ2) is 9.93. The number of hydrogen-bond acceptors (Lipinski definition) is 8. The largest absolute Gasteiger partial charge is 0.504 e. The third kappa shape index (κ3) is 5.02. The molecule has 0 aliphatic heterocycles. The normalized spacial score (nSPS) is 14.6. The standard InChI is InChI=1S/C22H22N2O9S/c1-22(34(31)32,12-33-18(28)9-13-5-6-16(26)17(27)8-13)19(21(29)30)23-20-14(11-25)10-15-4-2-3-7-24(15)20/h2-8,10-11,19,23,26-27H,9,12H2,1H3,(H,29,30)(H,31,32)/t19-,22-/m0/s1. The molecule has 0 saturated heterocycles. The van der Waals surface area contributed by atoms with E-state index in [0.717, 1.165) is 13.0 Å². The van der Waals surface area contributed by atoms with Crippen LogP contribution in [0.4, 0.5) is 5.82 Å². The van der Waals surface area contributed by atoms with E-state index in [0.29, 0.717) is 17.4 Å². The molecule has 3 aromatic rings. The Morgan fingerprint density at radius 2 is 1.94 bits per heavy atom. The van der Waals surface area contributed by atoms with Gasteiger partial charge in [-0.2, -0.15) is 0 Å². The lowest BCUT2D eigenvalue weighted by Gasteiger charge is -2.32. The van der Waals surface area contributed by atoms with Gasteiger partial charge in [-0.15, -0.1) is 0 Å². The molecule has 11 nitrogen and oxygen atoms in total. The van der Waals surface area contributed by atoms with Gasteiger partial charge in [0.1, 0.15) is 23.2 Å². The minimum Gasteiger partial charge on any atom is -0.504 e. The van der Waals surface area contributed by atoms with Gasteiger partial charge in [0.25, 0.3) is 0 Å². The van der Waals surface area contributed by atoms with Crippen molar-refractivity contribution >= 4 is 40.6 Å². The van der Waals surface area contributed by atoms with Gasteiger partial charge in [-0.3, -0.25) is 9.59 Å². The zero-order valence-corrected chi connectivity index (χ0v) is 18.7. The number of aldehydes is 1. The van der Waals surface area contributed by atoms with Gasteiger partial charge in [-0.25, -0.2) is 9.00 Å². The quantitative estimate of drug-likeness (QED) is 0.122. The number of nitrogens with one attached hydrogen (secondary N) is 1. The maximum atomic E-state index is 12.3. The second-order valence-corrected chi connectivity index (χ2v) is 9.13. The lowest BCUT2D eigenvalue weighted by molar-refractivity contribution is -0.146. The third-order valence-electron chi connectivity index (χ3n) is 5.28. The van der Waals surface area contributed by atoms with Crippen molar-refractivity contribution in [1.82, 2.24) is 4.40 Å².